The van der Waals surface area contributed by atoms with Crippen molar-refractivity contribution >= 4 is 16.9 Å². The molecule has 102 valence electrons. The van der Waals surface area contributed by atoms with E-state index in [1.807, 2.05) is 20.8 Å². The number of nitrogen functional groups attached to an aromatic ring is 1. The predicted octanol–water partition coefficient (Wildman–Crippen LogP) is 1.72. The summed E-state index contributed by atoms with van der Waals surface area (Å²) in [6.07, 6.45) is 0. The van der Waals surface area contributed by atoms with E-state index in [1.54, 1.807) is 0 Å². The summed E-state index contributed by atoms with van der Waals surface area (Å²) in [4.78, 5) is 4.03. The smallest absolute Gasteiger partial charge is 0.224 e. The lowest BCUT2D eigenvalue weighted by Gasteiger charge is -2.23. The second-order valence-electron chi connectivity index (χ2n) is 5.31. The van der Waals surface area contributed by atoms with Crippen molar-refractivity contribution in [2.24, 2.45) is 0 Å². The Balaban J connectivity index is 2.77. The lowest BCUT2D eigenvalue weighted by Crippen LogP contribution is -2.36. The quantitative estimate of drug-likeness (QED) is 0.688. The van der Waals surface area contributed by atoms with Crippen LogP contribution in [0.4, 0.5) is 14.7 Å². The first-order valence-corrected chi connectivity index (χ1v) is 5.69. The summed E-state index contributed by atoms with van der Waals surface area (Å²) in [5, 5.41) is 10.9. The number of nitrogens with zero attached hydrogens (tertiary/aromatic N) is 2. The minimum atomic E-state index is -0.818. The number of benzene rings is 1. The summed E-state index contributed by atoms with van der Waals surface area (Å²) in [5.41, 5.74) is -0.653. The van der Waals surface area contributed by atoms with Crippen molar-refractivity contribution in [3.05, 3.63) is 29.3 Å². The van der Waals surface area contributed by atoms with Crippen LogP contribution in [0.5, 0.6) is 0 Å². The molecule has 0 aliphatic rings. The molecule has 0 unspecified atom stereocenters. The third-order valence-corrected chi connectivity index (χ3v) is 2.46. The highest BCUT2D eigenvalue weighted by molar-refractivity contribution is 5.79. The molecule has 0 spiro atoms. The lowest BCUT2D eigenvalue weighted by atomic mass is 10.1. The zero-order valence-electron chi connectivity index (χ0n) is 10.9. The number of nitrogens with two attached hydrogens (primary N) is 1. The van der Waals surface area contributed by atoms with Gasteiger partial charge in [-0.15, -0.1) is 0 Å². The summed E-state index contributed by atoms with van der Waals surface area (Å²) in [5.74, 6) is 4.28. The second kappa shape index (κ2) is 4.18. The molecule has 0 aliphatic carbocycles. The number of fused-ring (bicyclic) bond motifs is 1. The molecule has 0 atom stereocenters. The normalized spacial score (nSPS) is 11.8. The number of hydrogen-bond acceptors (Lipinski definition) is 4. The van der Waals surface area contributed by atoms with Gasteiger partial charge in [-0.3, -0.25) is 5.41 Å². The minimum absolute atomic E-state index is 0.0273. The topological polar surface area (TPSA) is 79.7 Å². The predicted molar refractivity (Wildman–Crippen MR) is 69.0 cm³/mol. The molecule has 1 aromatic heterocycles. The SMILES string of the molecule is CC(C)(C)Nc1nc2c(F)cc(F)cc2c(=N)n1N. The Morgan fingerprint density at radius 3 is 2.53 bits per heavy atom. The highest BCUT2D eigenvalue weighted by Gasteiger charge is 2.16. The van der Waals surface area contributed by atoms with E-state index in [-0.39, 0.29) is 27.9 Å². The van der Waals surface area contributed by atoms with E-state index in [0.717, 1.165) is 16.8 Å². The minimum Gasteiger partial charge on any atom is -0.350 e. The van der Waals surface area contributed by atoms with Crippen molar-refractivity contribution in [1.82, 2.24) is 9.66 Å². The van der Waals surface area contributed by atoms with Gasteiger partial charge in [0, 0.05) is 11.6 Å². The third-order valence-electron chi connectivity index (χ3n) is 2.46. The maximum Gasteiger partial charge on any atom is 0.224 e. The van der Waals surface area contributed by atoms with Gasteiger partial charge in [-0.05, 0) is 26.8 Å². The van der Waals surface area contributed by atoms with Crippen LogP contribution in [0.2, 0.25) is 0 Å². The van der Waals surface area contributed by atoms with E-state index in [0.29, 0.717) is 0 Å². The fraction of sp³-hybridized carbons (Fsp3) is 0.333. The molecule has 0 aliphatic heterocycles. The van der Waals surface area contributed by atoms with Gasteiger partial charge in [0.1, 0.15) is 11.3 Å². The molecular formula is C12H15F2N5. The first-order valence-electron chi connectivity index (χ1n) is 5.69. The monoisotopic (exact) mass is 267 g/mol. The van der Waals surface area contributed by atoms with Crippen LogP contribution in [0.25, 0.3) is 10.9 Å². The van der Waals surface area contributed by atoms with Crippen molar-refractivity contribution < 1.29 is 8.78 Å². The maximum absolute atomic E-state index is 13.7. The van der Waals surface area contributed by atoms with Crippen LogP contribution in [-0.4, -0.2) is 15.2 Å². The standard InChI is InChI=1S/C12H15F2N5/c1-12(2,3)18-11-17-9-7(10(15)19(11)16)4-6(13)5-8(9)14/h4-5,15H,16H2,1-3H3,(H,17,18). The number of nitrogens with one attached hydrogen (secondary N) is 2. The molecule has 7 heteroatoms. The third kappa shape index (κ3) is 2.49. The Morgan fingerprint density at radius 2 is 1.95 bits per heavy atom. The van der Waals surface area contributed by atoms with Crippen LogP contribution in [0, 0.1) is 17.0 Å². The Morgan fingerprint density at radius 1 is 1.32 bits per heavy atom. The molecule has 5 nitrogen and oxygen atoms in total. The van der Waals surface area contributed by atoms with Crippen molar-refractivity contribution in [3.8, 4) is 0 Å². The summed E-state index contributed by atoms with van der Waals surface area (Å²) in [6.45, 7) is 5.64. The van der Waals surface area contributed by atoms with Gasteiger partial charge < -0.3 is 11.2 Å². The maximum atomic E-state index is 13.7. The summed E-state index contributed by atoms with van der Waals surface area (Å²) < 4.78 is 27.8. The van der Waals surface area contributed by atoms with Crippen LogP contribution >= 0.6 is 0 Å². The van der Waals surface area contributed by atoms with E-state index >= 15 is 0 Å². The van der Waals surface area contributed by atoms with Gasteiger partial charge in [0.05, 0.1) is 5.39 Å². The molecule has 0 saturated heterocycles. The average molecular weight is 267 g/mol. The Labute approximate surface area is 108 Å². The van der Waals surface area contributed by atoms with E-state index in [4.69, 9.17) is 11.3 Å². The molecule has 0 bridgehead atoms. The van der Waals surface area contributed by atoms with E-state index in [2.05, 4.69) is 10.3 Å². The number of hydrogen-bond donors (Lipinski definition) is 3. The second-order valence-corrected chi connectivity index (χ2v) is 5.31. The number of aromatic nitrogens is 2. The molecule has 2 rings (SSSR count). The molecule has 0 amide bonds. The highest BCUT2D eigenvalue weighted by atomic mass is 19.1. The zero-order valence-corrected chi connectivity index (χ0v) is 10.9. The van der Waals surface area contributed by atoms with Crippen LogP contribution in [-0.2, 0) is 0 Å². The Kier molecular flexibility index (Phi) is 2.92. The molecule has 19 heavy (non-hydrogen) atoms. The number of rotatable bonds is 1. The molecule has 2 aromatic rings. The summed E-state index contributed by atoms with van der Waals surface area (Å²) >= 11 is 0. The molecule has 0 radical (unpaired) electrons. The largest absolute Gasteiger partial charge is 0.350 e. The van der Waals surface area contributed by atoms with Crippen molar-refractivity contribution in [3.63, 3.8) is 0 Å². The highest BCUT2D eigenvalue weighted by Crippen LogP contribution is 2.17. The molecule has 1 heterocycles. The van der Waals surface area contributed by atoms with Gasteiger partial charge in [0.25, 0.3) is 0 Å². The van der Waals surface area contributed by atoms with Gasteiger partial charge >= 0.3 is 0 Å². The van der Waals surface area contributed by atoms with Crippen molar-refractivity contribution in [2.45, 2.75) is 26.3 Å². The molecule has 0 saturated carbocycles. The first kappa shape index (κ1) is 13.3. The van der Waals surface area contributed by atoms with Crippen molar-refractivity contribution in [1.29, 1.82) is 5.41 Å². The summed E-state index contributed by atoms with van der Waals surface area (Å²) in [7, 11) is 0. The molecular weight excluding hydrogens is 252 g/mol. The Hall–Kier alpha value is -2.18. The lowest BCUT2D eigenvalue weighted by molar-refractivity contribution is 0.587. The fourth-order valence-electron chi connectivity index (χ4n) is 1.68. The number of halogens is 2. The van der Waals surface area contributed by atoms with Crippen LogP contribution in [0.3, 0.4) is 0 Å². The van der Waals surface area contributed by atoms with Crippen molar-refractivity contribution in [2.75, 3.05) is 11.2 Å². The fourth-order valence-corrected chi connectivity index (χ4v) is 1.68. The van der Waals surface area contributed by atoms with Gasteiger partial charge in [0.2, 0.25) is 5.95 Å². The average Bonchev–Trinajstić information content (AvgIpc) is 2.25. The first-order chi connectivity index (χ1) is 8.69. The van der Waals surface area contributed by atoms with Crippen LogP contribution < -0.4 is 16.6 Å². The summed E-state index contributed by atoms with van der Waals surface area (Å²) in [6, 6.07) is 1.77. The van der Waals surface area contributed by atoms with Gasteiger partial charge in [-0.2, -0.15) is 0 Å². The van der Waals surface area contributed by atoms with Crippen LogP contribution in [0.1, 0.15) is 20.8 Å². The van der Waals surface area contributed by atoms with E-state index < -0.39 is 11.6 Å². The van der Waals surface area contributed by atoms with Gasteiger partial charge in [-0.25, -0.2) is 18.4 Å². The zero-order chi connectivity index (χ0) is 14.4. The number of anilines is 1. The van der Waals surface area contributed by atoms with Crippen LogP contribution in [0.15, 0.2) is 12.1 Å². The molecule has 1 aromatic carbocycles. The van der Waals surface area contributed by atoms with E-state index in [1.165, 1.54) is 0 Å². The van der Waals surface area contributed by atoms with Gasteiger partial charge in [-0.1, -0.05) is 0 Å². The molecule has 4 N–H and O–H groups in total. The Bertz CT molecular complexity index is 700. The van der Waals surface area contributed by atoms with E-state index in [9.17, 15) is 8.78 Å². The molecule has 0 fully saturated rings. The van der Waals surface area contributed by atoms with Gasteiger partial charge in [0.15, 0.2) is 11.3 Å².